The van der Waals surface area contributed by atoms with E-state index in [1.54, 1.807) is 36.4 Å². The van der Waals surface area contributed by atoms with Crippen molar-refractivity contribution in [1.82, 2.24) is 0 Å². The van der Waals surface area contributed by atoms with Gasteiger partial charge in [0.25, 0.3) is 0 Å². The Labute approximate surface area is 162 Å². The minimum absolute atomic E-state index is 0.0738. The average Bonchev–Trinajstić information content (AvgIpc) is 2.66. The molecule has 0 fully saturated rings. The molecule has 3 rings (SSSR count). The van der Waals surface area contributed by atoms with Crippen LogP contribution in [0.4, 0.5) is 13.2 Å². The molecule has 0 saturated heterocycles. The van der Waals surface area contributed by atoms with E-state index in [9.17, 15) is 13.2 Å². The van der Waals surface area contributed by atoms with Crippen molar-refractivity contribution >= 4 is 0 Å². The second kappa shape index (κ2) is 8.93. The molecule has 0 bridgehead atoms. The Hall–Kier alpha value is -2.79. The number of hydrogen-bond acceptors (Lipinski definition) is 2. The van der Waals surface area contributed by atoms with E-state index in [1.165, 1.54) is 12.1 Å². The van der Waals surface area contributed by atoms with Gasteiger partial charge in [0.05, 0.1) is 13.2 Å². The molecule has 0 radical (unpaired) electrons. The summed E-state index contributed by atoms with van der Waals surface area (Å²) in [7, 11) is 0. The summed E-state index contributed by atoms with van der Waals surface area (Å²) in [4.78, 5) is 0. The molecule has 1 unspecified atom stereocenters. The Kier molecular flexibility index (Phi) is 6.37. The smallest absolute Gasteiger partial charge is 0.397 e. The van der Waals surface area contributed by atoms with Crippen molar-refractivity contribution in [2.45, 2.75) is 25.6 Å². The van der Waals surface area contributed by atoms with Gasteiger partial charge in [0.2, 0.25) is 0 Å². The third kappa shape index (κ3) is 5.60. The fourth-order valence-corrected chi connectivity index (χ4v) is 2.80. The molecule has 0 aliphatic rings. The minimum Gasteiger partial charge on any atom is -0.457 e. The fourth-order valence-electron chi connectivity index (χ4n) is 2.80. The summed E-state index contributed by atoms with van der Waals surface area (Å²) >= 11 is 0. The molecule has 2 nitrogen and oxygen atoms in total. The molecule has 0 saturated carbocycles. The Morgan fingerprint density at radius 2 is 1.50 bits per heavy atom. The van der Waals surface area contributed by atoms with Crippen LogP contribution in [0.5, 0.6) is 11.5 Å². The Morgan fingerprint density at radius 1 is 0.821 bits per heavy atom. The van der Waals surface area contributed by atoms with Gasteiger partial charge in [0.1, 0.15) is 17.4 Å². The molecule has 3 aromatic carbocycles. The van der Waals surface area contributed by atoms with Gasteiger partial charge in [-0.3, -0.25) is 0 Å². The molecule has 3 aromatic rings. The summed E-state index contributed by atoms with van der Waals surface area (Å²) in [5.41, 5.74) is 1.87. The number of hydrogen-bond donors (Lipinski definition) is 0. The largest absolute Gasteiger partial charge is 0.457 e. The predicted molar refractivity (Wildman–Crippen MR) is 103 cm³/mol. The zero-order valence-electron chi connectivity index (χ0n) is 15.4. The van der Waals surface area contributed by atoms with Gasteiger partial charge >= 0.3 is 6.18 Å². The molecule has 0 spiro atoms. The van der Waals surface area contributed by atoms with Crippen LogP contribution < -0.4 is 4.74 Å². The lowest BCUT2D eigenvalue weighted by atomic mass is 9.98. The maximum atomic E-state index is 13.4. The minimum atomic E-state index is -4.37. The number of aryl methyl sites for hydroxylation is 1. The molecule has 0 aliphatic carbocycles. The summed E-state index contributed by atoms with van der Waals surface area (Å²) in [5.74, 6) is -0.355. The van der Waals surface area contributed by atoms with Crippen LogP contribution in [0, 0.1) is 6.92 Å². The number of ether oxygens (including phenoxy) is 2. The molecule has 28 heavy (non-hydrogen) atoms. The number of para-hydroxylation sites is 1. The van der Waals surface area contributed by atoms with Crippen molar-refractivity contribution in [2.24, 2.45) is 0 Å². The fraction of sp³-hybridized carbons (Fsp3) is 0.217. The third-order valence-electron chi connectivity index (χ3n) is 4.31. The molecule has 0 N–H and O–H groups in total. The summed E-state index contributed by atoms with van der Waals surface area (Å²) in [6.45, 7) is 1.48. The maximum Gasteiger partial charge on any atom is 0.397 e. The highest BCUT2D eigenvalue weighted by atomic mass is 19.4. The summed E-state index contributed by atoms with van der Waals surface area (Å²) in [6, 6.07) is 22.8. The molecule has 146 valence electrons. The lowest BCUT2D eigenvalue weighted by molar-refractivity contribution is -0.163. The molecule has 5 heteroatoms. The van der Waals surface area contributed by atoms with Crippen LogP contribution in [-0.2, 0) is 11.3 Å². The van der Waals surface area contributed by atoms with E-state index < -0.39 is 18.7 Å². The first-order valence-corrected chi connectivity index (χ1v) is 8.95. The summed E-state index contributed by atoms with van der Waals surface area (Å²) in [6.07, 6.45) is -4.37. The standard InChI is InChI=1S/C23H21F3O2/c1-17-10-12-19(13-11-17)22(23(24,25)26)16-27-15-18-6-5-9-21(14-18)28-20-7-3-2-4-8-20/h2-14,22H,15-16H2,1H3. The average molecular weight is 386 g/mol. The highest BCUT2D eigenvalue weighted by Gasteiger charge is 2.40. The van der Waals surface area contributed by atoms with E-state index in [1.807, 2.05) is 37.3 Å². The van der Waals surface area contributed by atoms with Crippen LogP contribution >= 0.6 is 0 Å². The quantitative estimate of drug-likeness (QED) is 0.453. The van der Waals surface area contributed by atoms with Gasteiger partial charge in [-0.2, -0.15) is 13.2 Å². The highest BCUT2D eigenvalue weighted by molar-refractivity contribution is 5.33. The van der Waals surface area contributed by atoms with Gasteiger partial charge in [0.15, 0.2) is 0 Å². The predicted octanol–water partition coefficient (Wildman–Crippen LogP) is 6.65. The topological polar surface area (TPSA) is 18.5 Å². The van der Waals surface area contributed by atoms with Crippen LogP contribution in [-0.4, -0.2) is 12.8 Å². The zero-order chi connectivity index (χ0) is 20.0. The van der Waals surface area contributed by atoms with Gasteiger partial charge in [-0.1, -0.05) is 60.2 Å². The van der Waals surface area contributed by atoms with Crippen LogP contribution in [0.3, 0.4) is 0 Å². The zero-order valence-corrected chi connectivity index (χ0v) is 15.4. The van der Waals surface area contributed by atoms with E-state index in [0.29, 0.717) is 11.5 Å². The summed E-state index contributed by atoms with van der Waals surface area (Å²) < 4.78 is 51.5. The second-order valence-electron chi connectivity index (χ2n) is 6.58. The highest BCUT2D eigenvalue weighted by Crippen LogP contribution is 2.35. The van der Waals surface area contributed by atoms with E-state index in [2.05, 4.69) is 0 Å². The van der Waals surface area contributed by atoms with Gasteiger partial charge in [-0.05, 0) is 42.3 Å². The van der Waals surface area contributed by atoms with Crippen molar-refractivity contribution < 1.29 is 22.6 Å². The number of rotatable bonds is 7. The monoisotopic (exact) mass is 386 g/mol. The van der Waals surface area contributed by atoms with E-state index in [-0.39, 0.29) is 12.2 Å². The Morgan fingerprint density at radius 3 is 2.18 bits per heavy atom. The number of benzene rings is 3. The molecule has 0 amide bonds. The number of halogens is 3. The van der Waals surface area contributed by atoms with Crippen molar-refractivity contribution in [2.75, 3.05) is 6.61 Å². The van der Waals surface area contributed by atoms with Gasteiger partial charge in [-0.15, -0.1) is 0 Å². The van der Waals surface area contributed by atoms with Crippen molar-refractivity contribution in [3.05, 3.63) is 95.6 Å². The molecule has 0 aliphatic heterocycles. The molecule has 0 aromatic heterocycles. The lowest BCUT2D eigenvalue weighted by Gasteiger charge is -2.21. The second-order valence-corrected chi connectivity index (χ2v) is 6.58. The summed E-state index contributed by atoms with van der Waals surface area (Å²) in [5, 5.41) is 0. The lowest BCUT2D eigenvalue weighted by Crippen LogP contribution is -2.25. The Balaban J connectivity index is 1.62. The van der Waals surface area contributed by atoms with Crippen LogP contribution in [0.15, 0.2) is 78.9 Å². The normalized spacial score (nSPS) is 12.6. The number of alkyl halides is 3. The van der Waals surface area contributed by atoms with E-state index >= 15 is 0 Å². The first-order valence-electron chi connectivity index (χ1n) is 8.95. The molecule has 1 atom stereocenters. The van der Waals surface area contributed by atoms with Gasteiger partial charge in [0, 0.05) is 0 Å². The molecule has 0 heterocycles. The van der Waals surface area contributed by atoms with E-state index in [0.717, 1.165) is 11.1 Å². The first kappa shape index (κ1) is 20.0. The molecular formula is C23H21F3O2. The van der Waals surface area contributed by atoms with Crippen molar-refractivity contribution in [3.8, 4) is 11.5 Å². The maximum absolute atomic E-state index is 13.4. The first-order chi connectivity index (χ1) is 13.4. The van der Waals surface area contributed by atoms with Crippen molar-refractivity contribution in [1.29, 1.82) is 0 Å². The Bertz CT molecular complexity index is 874. The third-order valence-corrected chi connectivity index (χ3v) is 4.31. The SMILES string of the molecule is Cc1ccc(C(COCc2cccc(Oc3ccccc3)c2)C(F)(F)F)cc1. The van der Waals surface area contributed by atoms with Gasteiger partial charge in [-0.25, -0.2) is 0 Å². The van der Waals surface area contributed by atoms with Gasteiger partial charge < -0.3 is 9.47 Å². The van der Waals surface area contributed by atoms with E-state index in [4.69, 9.17) is 9.47 Å². The van der Waals surface area contributed by atoms with Crippen LogP contribution in [0.2, 0.25) is 0 Å². The molecular weight excluding hydrogens is 365 g/mol. The van der Waals surface area contributed by atoms with Crippen LogP contribution in [0.25, 0.3) is 0 Å². The van der Waals surface area contributed by atoms with Crippen molar-refractivity contribution in [3.63, 3.8) is 0 Å². The van der Waals surface area contributed by atoms with Crippen LogP contribution in [0.1, 0.15) is 22.6 Å².